The topological polar surface area (TPSA) is 26.0 Å². The van der Waals surface area contributed by atoms with Crippen LogP contribution in [0.1, 0.15) is 17.2 Å². The Hall–Kier alpha value is -0.130. The Morgan fingerprint density at radius 3 is 2.47 bits per heavy atom. The van der Waals surface area contributed by atoms with Crippen LogP contribution >= 0.6 is 50.5 Å². The first-order valence-electron chi connectivity index (χ1n) is 4.64. The molecule has 0 spiro atoms. The van der Waals surface area contributed by atoms with Gasteiger partial charge in [-0.1, -0.05) is 45.2 Å². The number of rotatable bonds is 2. The third-order valence-electron chi connectivity index (χ3n) is 2.32. The van der Waals surface area contributed by atoms with Gasteiger partial charge in [-0.2, -0.15) is 0 Å². The van der Waals surface area contributed by atoms with Gasteiger partial charge < -0.3 is 5.73 Å². The molecule has 6 heteroatoms. The molecule has 0 bridgehead atoms. The minimum absolute atomic E-state index is 0.317. The molecule has 0 radical (unpaired) electrons. The minimum Gasteiger partial charge on any atom is -0.320 e. The largest absolute Gasteiger partial charge is 0.320 e. The highest BCUT2D eigenvalue weighted by atomic mass is 79.9. The van der Waals surface area contributed by atoms with Gasteiger partial charge >= 0.3 is 0 Å². The van der Waals surface area contributed by atoms with Gasteiger partial charge in [0.1, 0.15) is 5.82 Å². The summed E-state index contributed by atoms with van der Waals surface area (Å²) in [5.41, 5.74) is 7.60. The second-order valence-corrected chi connectivity index (χ2v) is 6.56. The minimum atomic E-state index is -0.429. The van der Waals surface area contributed by atoms with Crippen molar-refractivity contribution in [2.45, 2.75) is 6.04 Å². The molecule has 2 aromatic rings. The zero-order valence-electron chi connectivity index (χ0n) is 8.38. The van der Waals surface area contributed by atoms with Crippen molar-refractivity contribution in [2.75, 3.05) is 0 Å². The van der Waals surface area contributed by atoms with Crippen LogP contribution in [0.4, 0.5) is 4.39 Å². The SMILES string of the molecule is NC(c1ccc(F)cc1Br)c1cc(Cl)sc1Cl. The lowest BCUT2D eigenvalue weighted by Gasteiger charge is -2.13. The van der Waals surface area contributed by atoms with Crippen LogP contribution < -0.4 is 5.73 Å². The summed E-state index contributed by atoms with van der Waals surface area (Å²) in [6, 6.07) is 5.67. The molecule has 0 saturated heterocycles. The highest BCUT2D eigenvalue weighted by Gasteiger charge is 2.18. The molecule has 1 aromatic carbocycles. The van der Waals surface area contributed by atoms with Crippen LogP contribution in [0.2, 0.25) is 8.67 Å². The molecule has 17 heavy (non-hydrogen) atoms. The van der Waals surface area contributed by atoms with Gasteiger partial charge in [0, 0.05) is 10.0 Å². The van der Waals surface area contributed by atoms with E-state index in [9.17, 15) is 4.39 Å². The highest BCUT2D eigenvalue weighted by molar-refractivity contribution is 9.10. The molecule has 0 saturated carbocycles. The van der Waals surface area contributed by atoms with Crippen LogP contribution in [0.5, 0.6) is 0 Å². The van der Waals surface area contributed by atoms with Crippen LogP contribution in [0, 0.1) is 5.82 Å². The Morgan fingerprint density at radius 2 is 1.94 bits per heavy atom. The van der Waals surface area contributed by atoms with E-state index in [1.807, 2.05) is 0 Å². The first-order valence-corrected chi connectivity index (χ1v) is 7.01. The number of hydrogen-bond acceptors (Lipinski definition) is 2. The van der Waals surface area contributed by atoms with Crippen molar-refractivity contribution in [2.24, 2.45) is 5.73 Å². The fraction of sp³-hybridized carbons (Fsp3) is 0.0909. The second-order valence-electron chi connectivity index (χ2n) is 3.42. The van der Waals surface area contributed by atoms with Gasteiger partial charge in [-0.3, -0.25) is 0 Å². The van der Waals surface area contributed by atoms with Crippen LogP contribution in [-0.4, -0.2) is 0 Å². The standard InChI is InChI=1S/C11H7BrCl2FNS/c12-8-3-5(15)1-2-6(8)10(16)7-4-9(13)17-11(7)14/h1-4,10H,16H2. The molecule has 1 nitrogen and oxygen atoms in total. The van der Waals surface area contributed by atoms with Gasteiger partial charge in [-0.25, -0.2) is 4.39 Å². The predicted octanol–water partition coefficient (Wildman–Crippen LogP) is 5.00. The molecule has 0 aliphatic heterocycles. The Kier molecular flexibility index (Phi) is 4.10. The van der Waals surface area contributed by atoms with Crippen molar-refractivity contribution < 1.29 is 4.39 Å². The van der Waals surface area contributed by atoms with E-state index in [0.717, 1.165) is 11.1 Å². The zero-order valence-corrected chi connectivity index (χ0v) is 12.3. The van der Waals surface area contributed by atoms with E-state index in [1.54, 1.807) is 12.1 Å². The predicted molar refractivity (Wildman–Crippen MR) is 74.5 cm³/mol. The van der Waals surface area contributed by atoms with E-state index >= 15 is 0 Å². The number of hydrogen-bond donors (Lipinski definition) is 1. The van der Waals surface area contributed by atoms with E-state index < -0.39 is 6.04 Å². The van der Waals surface area contributed by atoms with Gasteiger partial charge in [0.2, 0.25) is 0 Å². The third kappa shape index (κ3) is 2.83. The summed E-state index contributed by atoms with van der Waals surface area (Å²) in [7, 11) is 0. The molecular formula is C11H7BrCl2FNS. The van der Waals surface area contributed by atoms with Crippen molar-refractivity contribution in [3.05, 3.63) is 54.4 Å². The van der Waals surface area contributed by atoms with E-state index in [2.05, 4.69) is 15.9 Å². The van der Waals surface area contributed by atoms with Crippen molar-refractivity contribution >= 4 is 50.5 Å². The maximum Gasteiger partial charge on any atom is 0.124 e. The Morgan fingerprint density at radius 1 is 1.24 bits per heavy atom. The van der Waals surface area contributed by atoms with Crippen molar-refractivity contribution in [1.29, 1.82) is 0 Å². The van der Waals surface area contributed by atoms with Gasteiger partial charge in [-0.15, -0.1) is 11.3 Å². The van der Waals surface area contributed by atoms with Crippen molar-refractivity contribution in [3.63, 3.8) is 0 Å². The number of thiophene rings is 1. The molecule has 0 amide bonds. The van der Waals surface area contributed by atoms with E-state index in [1.165, 1.54) is 23.5 Å². The Balaban J connectivity index is 2.43. The molecule has 1 heterocycles. The first-order chi connectivity index (χ1) is 7.99. The molecule has 1 unspecified atom stereocenters. The maximum atomic E-state index is 13.0. The van der Waals surface area contributed by atoms with Crippen molar-refractivity contribution in [3.8, 4) is 0 Å². The van der Waals surface area contributed by atoms with Crippen LogP contribution in [0.25, 0.3) is 0 Å². The molecule has 0 aliphatic carbocycles. The summed E-state index contributed by atoms with van der Waals surface area (Å²) in [5, 5.41) is 0. The van der Waals surface area contributed by atoms with Crippen molar-refractivity contribution in [1.82, 2.24) is 0 Å². The summed E-state index contributed by atoms with van der Waals surface area (Å²) in [6.07, 6.45) is 0. The number of nitrogens with two attached hydrogens (primary N) is 1. The Bertz CT molecular complexity index is 558. The van der Waals surface area contributed by atoms with E-state index in [0.29, 0.717) is 13.1 Å². The summed E-state index contributed by atoms with van der Waals surface area (Å²) < 4.78 is 14.7. The lowest BCUT2D eigenvalue weighted by molar-refractivity contribution is 0.625. The third-order valence-corrected chi connectivity index (χ3v) is 4.52. The van der Waals surface area contributed by atoms with Crippen LogP contribution in [0.3, 0.4) is 0 Å². The molecule has 0 aliphatic rings. The number of halogens is 4. The molecule has 1 aromatic heterocycles. The normalized spacial score (nSPS) is 12.8. The Labute approximate surface area is 120 Å². The van der Waals surface area contributed by atoms with Gasteiger partial charge in [0.15, 0.2) is 0 Å². The zero-order chi connectivity index (χ0) is 12.6. The molecular weight excluding hydrogens is 348 g/mol. The molecule has 2 rings (SSSR count). The first kappa shape index (κ1) is 13.3. The molecule has 90 valence electrons. The quantitative estimate of drug-likeness (QED) is 0.806. The summed E-state index contributed by atoms with van der Waals surface area (Å²) in [5.74, 6) is -0.317. The second kappa shape index (κ2) is 5.24. The monoisotopic (exact) mass is 353 g/mol. The van der Waals surface area contributed by atoms with Crippen LogP contribution in [0.15, 0.2) is 28.7 Å². The fourth-order valence-corrected chi connectivity index (χ4v) is 3.63. The fourth-order valence-electron chi connectivity index (χ4n) is 1.49. The van der Waals surface area contributed by atoms with E-state index in [4.69, 9.17) is 28.9 Å². The molecule has 1 atom stereocenters. The van der Waals surface area contributed by atoms with Gasteiger partial charge in [0.05, 0.1) is 14.7 Å². The smallest absolute Gasteiger partial charge is 0.124 e. The lowest BCUT2D eigenvalue weighted by atomic mass is 10.0. The summed E-state index contributed by atoms with van der Waals surface area (Å²) >= 11 is 16.5. The lowest BCUT2D eigenvalue weighted by Crippen LogP contribution is -2.12. The van der Waals surface area contributed by atoms with Gasteiger partial charge in [-0.05, 0) is 23.8 Å². The van der Waals surface area contributed by atoms with Crippen LogP contribution in [-0.2, 0) is 0 Å². The summed E-state index contributed by atoms with van der Waals surface area (Å²) in [6.45, 7) is 0. The average Bonchev–Trinajstić information content (AvgIpc) is 2.57. The van der Waals surface area contributed by atoms with Gasteiger partial charge in [0.25, 0.3) is 0 Å². The molecule has 2 N–H and O–H groups in total. The summed E-state index contributed by atoms with van der Waals surface area (Å²) in [4.78, 5) is 0. The maximum absolute atomic E-state index is 13.0. The number of benzene rings is 1. The molecule has 0 fully saturated rings. The highest BCUT2D eigenvalue weighted by Crippen LogP contribution is 2.38. The average molecular weight is 355 g/mol. The van der Waals surface area contributed by atoms with E-state index in [-0.39, 0.29) is 5.82 Å².